The van der Waals surface area contributed by atoms with Gasteiger partial charge in [-0.2, -0.15) is 0 Å². The maximum Gasteiger partial charge on any atom is 0.573 e. The third kappa shape index (κ3) is 3.31. The number of carbonyl (C=O) groups is 1. The Morgan fingerprint density at radius 3 is 2.59 bits per heavy atom. The Labute approximate surface area is 94.3 Å². The molecule has 94 valence electrons. The average molecular weight is 250 g/mol. The third-order valence-corrected chi connectivity index (χ3v) is 1.78. The zero-order valence-electron chi connectivity index (χ0n) is 8.75. The summed E-state index contributed by atoms with van der Waals surface area (Å²) >= 11 is 0. The number of pyridine rings is 1. The lowest BCUT2D eigenvalue weighted by molar-refractivity contribution is -0.275. The minimum Gasteiger partial charge on any atom is -0.493 e. The van der Waals surface area contributed by atoms with Crippen LogP contribution in [0.3, 0.4) is 0 Å². The predicted octanol–water partition coefficient (Wildman–Crippen LogP) is 1.26. The lowest BCUT2D eigenvalue weighted by Gasteiger charge is -2.14. The SMILES string of the molecule is COc1cc(CN)nc(C=O)c1OC(F)(F)F. The summed E-state index contributed by atoms with van der Waals surface area (Å²) in [6.45, 7) is -0.0382. The second kappa shape index (κ2) is 5.00. The monoisotopic (exact) mass is 250 g/mol. The van der Waals surface area contributed by atoms with Crippen molar-refractivity contribution in [2.75, 3.05) is 7.11 Å². The lowest BCUT2D eigenvalue weighted by Crippen LogP contribution is -2.19. The van der Waals surface area contributed by atoms with Crippen LogP contribution in [-0.4, -0.2) is 24.7 Å². The molecule has 8 heteroatoms. The Balaban J connectivity index is 3.29. The summed E-state index contributed by atoms with van der Waals surface area (Å²) in [5, 5.41) is 0. The lowest BCUT2D eigenvalue weighted by atomic mass is 10.2. The third-order valence-electron chi connectivity index (χ3n) is 1.78. The molecule has 0 aliphatic rings. The first-order chi connectivity index (χ1) is 7.91. The molecule has 0 saturated carbocycles. The van der Waals surface area contributed by atoms with Crippen molar-refractivity contribution in [2.45, 2.75) is 12.9 Å². The molecule has 0 fully saturated rings. The van der Waals surface area contributed by atoms with Crippen molar-refractivity contribution in [2.24, 2.45) is 5.73 Å². The zero-order chi connectivity index (χ0) is 13.1. The van der Waals surface area contributed by atoms with Crippen LogP contribution in [0.2, 0.25) is 0 Å². The van der Waals surface area contributed by atoms with Crippen molar-refractivity contribution in [1.82, 2.24) is 4.98 Å². The van der Waals surface area contributed by atoms with Crippen molar-refractivity contribution >= 4 is 6.29 Å². The van der Waals surface area contributed by atoms with Crippen LogP contribution in [0.5, 0.6) is 11.5 Å². The average Bonchev–Trinajstić information content (AvgIpc) is 2.27. The van der Waals surface area contributed by atoms with E-state index in [0.717, 1.165) is 7.11 Å². The second-order valence-corrected chi connectivity index (χ2v) is 2.90. The molecule has 0 bridgehead atoms. The minimum atomic E-state index is -4.93. The molecule has 0 aliphatic heterocycles. The number of hydrogen-bond acceptors (Lipinski definition) is 5. The van der Waals surface area contributed by atoms with Crippen LogP contribution in [0, 0.1) is 0 Å². The highest BCUT2D eigenvalue weighted by atomic mass is 19.4. The molecule has 0 unspecified atom stereocenters. The molecule has 5 nitrogen and oxygen atoms in total. The van der Waals surface area contributed by atoms with Crippen molar-refractivity contribution in [3.05, 3.63) is 17.5 Å². The maximum absolute atomic E-state index is 12.1. The van der Waals surface area contributed by atoms with E-state index in [-0.39, 0.29) is 24.3 Å². The van der Waals surface area contributed by atoms with Crippen LogP contribution in [0.4, 0.5) is 13.2 Å². The van der Waals surface area contributed by atoms with Gasteiger partial charge in [0.15, 0.2) is 17.8 Å². The number of aromatic nitrogens is 1. The van der Waals surface area contributed by atoms with Gasteiger partial charge >= 0.3 is 6.36 Å². The number of aldehydes is 1. The quantitative estimate of drug-likeness (QED) is 0.814. The topological polar surface area (TPSA) is 74.4 Å². The van der Waals surface area contributed by atoms with Crippen molar-refractivity contribution in [3.8, 4) is 11.5 Å². The maximum atomic E-state index is 12.1. The second-order valence-electron chi connectivity index (χ2n) is 2.90. The molecule has 1 rings (SSSR count). The molecule has 1 aromatic heterocycles. The molecule has 0 spiro atoms. The smallest absolute Gasteiger partial charge is 0.493 e. The Kier molecular flexibility index (Phi) is 3.89. The summed E-state index contributed by atoms with van der Waals surface area (Å²) in [7, 11) is 1.15. The molecule has 1 heterocycles. The van der Waals surface area contributed by atoms with E-state index in [2.05, 4.69) is 9.72 Å². The van der Waals surface area contributed by atoms with Gasteiger partial charge in [0.05, 0.1) is 12.8 Å². The van der Waals surface area contributed by atoms with Crippen molar-refractivity contribution < 1.29 is 27.4 Å². The van der Waals surface area contributed by atoms with E-state index in [1.807, 2.05) is 0 Å². The summed E-state index contributed by atoms with van der Waals surface area (Å²) in [5.74, 6) is -1.02. The standard InChI is InChI=1S/C9H9F3N2O3/c1-16-7-2-5(3-13)14-6(4-15)8(7)17-9(10,11)12/h2,4H,3,13H2,1H3. The zero-order valence-corrected chi connectivity index (χ0v) is 8.75. The fraction of sp³-hybridized carbons (Fsp3) is 0.333. The number of rotatable bonds is 4. The molecule has 17 heavy (non-hydrogen) atoms. The van der Waals surface area contributed by atoms with E-state index < -0.39 is 17.8 Å². The van der Waals surface area contributed by atoms with Gasteiger partial charge in [0.1, 0.15) is 5.69 Å². The highest BCUT2D eigenvalue weighted by Gasteiger charge is 2.34. The van der Waals surface area contributed by atoms with Gasteiger partial charge in [-0.25, -0.2) is 4.98 Å². The van der Waals surface area contributed by atoms with Gasteiger partial charge in [-0.15, -0.1) is 13.2 Å². The first kappa shape index (κ1) is 13.2. The van der Waals surface area contributed by atoms with E-state index in [4.69, 9.17) is 10.5 Å². The van der Waals surface area contributed by atoms with E-state index in [1.165, 1.54) is 6.07 Å². The van der Waals surface area contributed by atoms with Gasteiger partial charge in [0.2, 0.25) is 0 Å². The van der Waals surface area contributed by atoms with Gasteiger partial charge in [0, 0.05) is 12.6 Å². The molecule has 1 aromatic rings. The molecular weight excluding hydrogens is 241 g/mol. The number of alkyl halides is 3. The molecule has 0 amide bonds. The summed E-state index contributed by atoms with van der Waals surface area (Å²) in [6.07, 6.45) is -4.79. The Morgan fingerprint density at radius 2 is 2.18 bits per heavy atom. The number of ether oxygens (including phenoxy) is 2. The molecule has 2 N–H and O–H groups in total. The Hall–Kier alpha value is -1.83. The molecule has 0 atom stereocenters. The summed E-state index contributed by atoms with van der Waals surface area (Å²) < 4.78 is 44.7. The molecule has 0 saturated heterocycles. The van der Waals surface area contributed by atoms with Crippen LogP contribution in [0.1, 0.15) is 16.2 Å². The van der Waals surface area contributed by atoms with E-state index in [9.17, 15) is 18.0 Å². The number of methoxy groups -OCH3 is 1. The molecule has 0 radical (unpaired) electrons. The molecular formula is C9H9F3N2O3. The van der Waals surface area contributed by atoms with Crippen LogP contribution < -0.4 is 15.2 Å². The summed E-state index contributed by atoms with van der Waals surface area (Å²) in [6, 6.07) is 1.17. The molecule has 0 aromatic carbocycles. The number of halogens is 3. The van der Waals surface area contributed by atoms with Crippen LogP contribution in [-0.2, 0) is 6.54 Å². The first-order valence-corrected chi connectivity index (χ1v) is 4.40. The number of carbonyl (C=O) groups excluding carboxylic acids is 1. The fourth-order valence-corrected chi connectivity index (χ4v) is 1.14. The van der Waals surface area contributed by atoms with Gasteiger partial charge in [-0.05, 0) is 0 Å². The summed E-state index contributed by atoms with van der Waals surface area (Å²) in [4.78, 5) is 14.2. The van der Waals surface area contributed by atoms with Crippen molar-refractivity contribution in [3.63, 3.8) is 0 Å². The van der Waals surface area contributed by atoms with Gasteiger partial charge < -0.3 is 15.2 Å². The van der Waals surface area contributed by atoms with E-state index >= 15 is 0 Å². The normalized spacial score (nSPS) is 11.1. The van der Waals surface area contributed by atoms with Gasteiger partial charge in [0.25, 0.3) is 0 Å². The van der Waals surface area contributed by atoms with E-state index in [1.54, 1.807) is 0 Å². The van der Waals surface area contributed by atoms with Gasteiger partial charge in [-0.1, -0.05) is 0 Å². The largest absolute Gasteiger partial charge is 0.573 e. The molecule has 0 aliphatic carbocycles. The minimum absolute atomic E-state index is 0.0382. The fourth-order valence-electron chi connectivity index (χ4n) is 1.14. The van der Waals surface area contributed by atoms with Gasteiger partial charge in [-0.3, -0.25) is 4.79 Å². The highest BCUT2D eigenvalue weighted by Crippen LogP contribution is 2.34. The van der Waals surface area contributed by atoms with Crippen molar-refractivity contribution in [1.29, 1.82) is 0 Å². The highest BCUT2D eigenvalue weighted by molar-refractivity contribution is 5.78. The summed E-state index contributed by atoms with van der Waals surface area (Å²) in [5.41, 5.74) is 4.99. The Morgan fingerprint density at radius 1 is 1.53 bits per heavy atom. The first-order valence-electron chi connectivity index (χ1n) is 4.40. The Bertz CT molecular complexity index is 421. The number of nitrogens with zero attached hydrogens (tertiary/aromatic N) is 1. The van der Waals surface area contributed by atoms with Crippen LogP contribution in [0.25, 0.3) is 0 Å². The van der Waals surface area contributed by atoms with Crippen LogP contribution in [0.15, 0.2) is 6.07 Å². The van der Waals surface area contributed by atoms with E-state index in [0.29, 0.717) is 0 Å². The predicted molar refractivity (Wildman–Crippen MR) is 50.8 cm³/mol. The number of hydrogen-bond donors (Lipinski definition) is 1. The van der Waals surface area contributed by atoms with Crippen LogP contribution >= 0.6 is 0 Å². The number of nitrogens with two attached hydrogens (primary N) is 1.